The number of methoxy groups -OCH3 is 1. The first-order valence-electron chi connectivity index (χ1n) is 13.2. The number of alkyl halides is 9. The van der Waals surface area contributed by atoms with E-state index in [4.69, 9.17) is 23.7 Å². The van der Waals surface area contributed by atoms with Gasteiger partial charge in [-0.1, -0.05) is 18.2 Å². The Hall–Kier alpha value is -4.64. The van der Waals surface area contributed by atoms with Gasteiger partial charge in [0.25, 0.3) is 0 Å². The number of carbonyl (C=O) groups excluding carboxylic acids is 3. The zero-order chi connectivity index (χ0) is 34.7. The summed E-state index contributed by atoms with van der Waals surface area (Å²) in [7, 11) is 1.03. The van der Waals surface area contributed by atoms with Crippen LogP contribution in [0.1, 0.15) is 47.8 Å². The molecule has 1 heterocycles. The van der Waals surface area contributed by atoms with Crippen molar-refractivity contribution in [3.63, 3.8) is 0 Å². The second-order valence-electron chi connectivity index (χ2n) is 9.85. The van der Waals surface area contributed by atoms with Crippen molar-refractivity contribution in [2.45, 2.75) is 43.1 Å². The number of ether oxygens (including phenoxy) is 5. The third-order valence-corrected chi connectivity index (χ3v) is 6.64. The van der Waals surface area contributed by atoms with E-state index in [1.807, 2.05) is 0 Å². The number of hydrogen-bond donors (Lipinski definition) is 0. The van der Waals surface area contributed by atoms with Crippen LogP contribution in [0.25, 0.3) is 0 Å². The first kappa shape index (κ1) is 35.2. The fraction of sp³-hybridized carbons (Fsp3) is 0.300. The van der Waals surface area contributed by atoms with E-state index in [1.165, 1.54) is 0 Å². The second-order valence-corrected chi connectivity index (χ2v) is 9.85. The van der Waals surface area contributed by atoms with Crippen LogP contribution in [0.5, 0.6) is 0 Å². The molecule has 1 fully saturated rings. The van der Waals surface area contributed by atoms with Gasteiger partial charge in [0.05, 0.1) is 33.4 Å². The number of halogens is 9. The fourth-order valence-electron chi connectivity index (χ4n) is 4.37. The molecule has 0 radical (unpaired) electrons. The van der Waals surface area contributed by atoms with E-state index < -0.39 is 101 Å². The molecule has 4 atom stereocenters. The Morgan fingerprint density at radius 3 is 1.38 bits per heavy atom. The average Bonchev–Trinajstić information content (AvgIpc) is 3.34. The SMILES string of the molecule is COC1O[C@H](COC(=O)c2cccc(C(F)(F)F)c2)[C@@H](OC(=O)c2cccc(C(F)(F)F)c2)[C@H]1OC(=O)c1cccc(C(F)(F)F)c1. The Morgan fingerprint density at radius 2 is 1.00 bits per heavy atom. The highest BCUT2D eigenvalue weighted by Crippen LogP contribution is 2.34. The molecule has 3 aromatic rings. The number of hydrogen-bond acceptors (Lipinski definition) is 8. The van der Waals surface area contributed by atoms with Gasteiger partial charge in [-0.15, -0.1) is 0 Å². The van der Waals surface area contributed by atoms with Crippen molar-refractivity contribution in [3.05, 3.63) is 106 Å². The minimum absolute atomic E-state index is 0.457. The van der Waals surface area contributed by atoms with Crippen LogP contribution in [0.15, 0.2) is 72.8 Å². The molecule has 8 nitrogen and oxygen atoms in total. The monoisotopic (exact) mass is 680 g/mol. The van der Waals surface area contributed by atoms with Gasteiger partial charge in [-0.2, -0.15) is 39.5 Å². The maximum atomic E-state index is 13.2. The predicted molar refractivity (Wildman–Crippen MR) is 139 cm³/mol. The van der Waals surface area contributed by atoms with Gasteiger partial charge in [0, 0.05) is 7.11 Å². The summed E-state index contributed by atoms with van der Waals surface area (Å²) >= 11 is 0. The Labute approximate surface area is 258 Å². The van der Waals surface area contributed by atoms with Gasteiger partial charge in [-0.25, -0.2) is 14.4 Å². The lowest BCUT2D eigenvalue weighted by Gasteiger charge is -2.24. The van der Waals surface area contributed by atoms with Gasteiger partial charge in [0.15, 0.2) is 18.5 Å². The van der Waals surface area contributed by atoms with Crippen molar-refractivity contribution in [3.8, 4) is 0 Å². The van der Waals surface area contributed by atoms with Crippen LogP contribution in [0.2, 0.25) is 0 Å². The van der Waals surface area contributed by atoms with Gasteiger partial charge < -0.3 is 23.7 Å². The van der Waals surface area contributed by atoms with E-state index in [9.17, 15) is 53.9 Å². The highest BCUT2D eigenvalue weighted by Gasteiger charge is 2.51. The average molecular weight is 680 g/mol. The summed E-state index contributed by atoms with van der Waals surface area (Å²) in [4.78, 5) is 38.5. The normalized spacial score (nSPS) is 20.0. The standard InChI is InChI=1S/C30H21F9O8/c1-43-27-23(47-26(42)17-7-4-10-20(13-17)30(37,38)39)22(46-25(41)16-6-3-9-19(12-16)29(34,35)36)21(45-27)14-44-24(40)15-5-2-8-18(11-15)28(31,32)33/h2-13,21-23,27H,14H2,1H3/t21-,22-,23-,27?/m1/s1. The van der Waals surface area contributed by atoms with E-state index in [0.29, 0.717) is 36.4 Å². The van der Waals surface area contributed by atoms with Crippen LogP contribution >= 0.6 is 0 Å². The lowest BCUT2D eigenvalue weighted by molar-refractivity contribution is -0.155. The molecule has 4 rings (SSSR count). The van der Waals surface area contributed by atoms with Crippen LogP contribution in [0.3, 0.4) is 0 Å². The molecule has 1 aliphatic heterocycles. The summed E-state index contributed by atoms with van der Waals surface area (Å²) in [6.07, 6.45) is -21.3. The molecule has 1 saturated heterocycles. The lowest BCUT2D eigenvalue weighted by atomic mass is 10.1. The minimum atomic E-state index is -4.85. The second kappa shape index (κ2) is 13.6. The molecule has 47 heavy (non-hydrogen) atoms. The van der Waals surface area contributed by atoms with Gasteiger partial charge in [0.1, 0.15) is 12.7 Å². The van der Waals surface area contributed by atoms with Gasteiger partial charge in [-0.3, -0.25) is 0 Å². The molecule has 0 saturated carbocycles. The molecule has 0 N–H and O–H groups in total. The molecule has 3 aromatic carbocycles. The third kappa shape index (κ3) is 8.59. The van der Waals surface area contributed by atoms with Crippen LogP contribution in [0, 0.1) is 0 Å². The fourth-order valence-corrected chi connectivity index (χ4v) is 4.37. The summed E-state index contributed by atoms with van der Waals surface area (Å²) in [6, 6.07) is 9.20. The van der Waals surface area contributed by atoms with Crippen LogP contribution in [-0.2, 0) is 42.2 Å². The maximum Gasteiger partial charge on any atom is 0.416 e. The Kier molecular flexibility index (Phi) is 10.2. The molecule has 1 aliphatic rings. The lowest BCUT2D eigenvalue weighted by Crippen LogP contribution is -2.42. The van der Waals surface area contributed by atoms with Crippen molar-refractivity contribution in [1.82, 2.24) is 0 Å². The first-order valence-corrected chi connectivity index (χ1v) is 13.2. The molecule has 0 aliphatic carbocycles. The highest BCUT2D eigenvalue weighted by molar-refractivity contribution is 5.91. The largest absolute Gasteiger partial charge is 0.459 e. The van der Waals surface area contributed by atoms with Gasteiger partial charge in [-0.05, 0) is 54.6 Å². The van der Waals surface area contributed by atoms with Crippen molar-refractivity contribution in [2.75, 3.05) is 13.7 Å². The van der Waals surface area contributed by atoms with Crippen LogP contribution in [0.4, 0.5) is 39.5 Å². The molecule has 252 valence electrons. The van der Waals surface area contributed by atoms with E-state index in [-0.39, 0.29) is 0 Å². The summed E-state index contributed by atoms with van der Waals surface area (Å²) in [6.45, 7) is -0.882. The summed E-state index contributed by atoms with van der Waals surface area (Å²) in [5.41, 5.74) is -5.35. The quantitative estimate of drug-likeness (QED) is 0.147. The zero-order valence-electron chi connectivity index (χ0n) is 23.6. The van der Waals surface area contributed by atoms with Crippen molar-refractivity contribution in [1.29, 1.82) is 0 Å². The third-order valence-electron chi connectivity index (χ3n) is 6.64. The molecule has 0 aromatic heterocycles. The van der Waals surface area contributed by atoms with Crippen molar-refractivity contribution < 1.29 is 77.6 Å². The number of rotatable bonds is 8. The van der Waals surface area contributed by atoms with Crippen LogP contribution in [-0.4, -0.2) is 56.2 Å². The maximum absolute atomic E-state index is 13.2. The van der Waals surface area contributed by atoms with E-state index in [1.54, 1.807) is 0 Å². The number of carbonyl (C=O) groups is 3. The molecule has 0 bridgehead atoms. The van der Waals surface area contributed by atoms with Crippen LogP contribution < -0.4 is 0 Å². The smallest absolute Gasteiger partial charge is 0.416 e. The number of benzene rings is 3. The Morgan fingerprint density at radius 1 is 0.617 bits per heavy atom. The topological polar surface area (TPSA) is 97.4 Å². The Bertz CT molecular complexity index is 1620. The Balaban J connectivity index is 1.62. The highest BCUT2D eigenvalue weighted by atomic mass is 19.4. The summed E-state index contributed by atoms with van der Waals surface area (Å²) in [5.74, 6) is -4.08. The molecule has 17 heteroatoms. The predicted octanol–water partition coefficient (Wildman–Crippen LogP) is 6.72. The van der Waals surface area contributed by atoms with E-state index >= 15 is 0 Å². The molecule has 0 amide bonds. The van der Waals surface area contributed by atoms with Crippen molar-refractivity contribution >= 4 is 17.9 Å². The van der Waals surface area contributed by atoms with E-state index in [0.717, 1.165) is 43.5 Å². The number of esters is 3. The zero-order valence-corrected chi connectivity index (χ0v) is 23.6. The van der Waals surface area contributed by atoms with E-state index in [2.05, 4.69) is 0 Å². The summed E-state index contributed by atoms with van der Waals surface area (Å²) < 4.78 is 145. The minimum Gasteiger partial charge on any atom is -0.459 e. The van der Waals surface area contributed by atoms with Gasteiger partial charge >= 0.3 is 36.4 Å². The molecular weight excluding hydrogens is 659 g/mol. The van der Waals surface area contributed by atoms with Crippen molar-refractivity contribution in [2.24, 2.45) is 0 Å². The molecule has 1 unspecified atom stereocenters. The first-order chi connectivity index (χ1) is 21.9. The van der Waals surface area contributed by atoms with Gasteiger partial charge in [0.2, 0.25) is 0 Å². The molecule has 0 spiro atoms. The summed E-state index contributed by atoms with van der Waals surface area (Å²) in [5, 5.41) is 0. The molecular formula is C30H21F9O8.